The number of carbonyl (C=O) groups is 1. The van der Waals surface area contributed by atoms with Crippen LogP contribution in [0.3, 0.4) is 0 Å². The largest absolute Gasteiger partial charge is 0.455 e. The summed E-state index contributed by atoms with van der Waals surface area (Å²) in [7, 11) is 0. The predicted molar refractivity (Wildman–Crippen MR) is 73.7 cm³/mol. The molecule has 0 bridgehead atoms. The van der Waals surface area contributed by atoms with E-state index in [1.54, 1.807) is 12.1 Å². The van der Waals surface area contributed by atoms with E-state index in [0.29, 0.717) is 18.1 Å². The van der Waals surface area contributed by atoms with Crippen LogP contribution in [0.15, 0.2) is 16.5 Å². The lowest BCUT2D eigenvalue weighted by molar-refractivity contribution is 0.0731. The Balaban J connectivity index is 2.05. The molecule has 0 aromatic carbocycles. The van der Waals surface area contributed by atoms with E-state index in [2.05, 4.69) is 13.8 Å². The van der Waals surface area contributed by atoms with Crippen molar-refractivity contribution >= 4 is 17.7 Å². The highest BCUT2D eigenvalue weighted by Gasteiger charge is 2.27. The van der Waals surface area contributed by atoms with Gasteiger partial charge in [0, 0.05) is 23.6 Å². The number of rotatable bonds is 2. The van der Waals surface area contributed by atoms with Crippen molar-refractivity contribution in [2.75, 3.05) is 18.8 Å². The summed E-state index contributed by atoms with van der Waals surface area (Å²) in [6.45, 7) is 6.36. The number of furan rings is 1. The van der Waals surface area contributed by atoms with Crippen LogP contribution in [-0.4, -0.2) is 34.4 Å². The van der Waals surface area contributed by atoms with Gasteiger partial charge in [0.15, 0.2) is 5.76 Å². The zero-order valence-corrected chi connectivity index (χ0v) is 11.8. The van der Waals surface area contributed by atoms with Gasteiger partial charge >= 0.3 is 0 Å². The van der Waals surface area contributed by atoms with Crippen LogP contribution in [0, 0.1) is 0 Å². The van der Waals surface area contributed by atoms with E-state index in [1.165, 1.54) is 0 Å². The number of thioether (sulfide) groups is 1. The molecule has 0 spiro atoms. The third-order valence-corrected chi connectivity index (χ3v) is 4.57. The molecule has 1 fully saturated rings. The van der Waals surface area contributed by atoms with Crippen molar-refractivity contribution in [3.8, 4) is 0 Å². The number of hydrogen-bond donors (Lipinski definition) is 1. The zero-order chi connectivity index (χ0) is 13.2. The maximum absolute atomic E-state index is 12.3. The summed E-state index contributed by atoms with van der Waals surface area (Å²) in [4.78, 5) is 14.2. The number of amides is 1. The molecule has 2 rings (SSSR count). The van der Waals surface area contributed by atoms with Crippen molar-refractivity contribution in [3.63, 3.8) is 0 Å². The Hall–Kier alpha value is -0.940. The summed E-state index contributed by atoms with van der Waals surface area (Å²) in [5, 5.41) is 0. The zero-order valence-electron chi connectivity index (χ0n) is 10.9. The lowest BCUT2D eigenvalue weighted by atomic mass is 10.1. The highest BCUT2D eigenvalue weighted by Crippen LogP contribution is 2.31. The predicted octanol–water partition coefficient (Wildman–Crippen LogP) is 2.10. The van der Waals surface area contributed by atoms with E-state index in [0.717, 1.165) is 25.3 Å². The van der Waals surface area contributed by atoms with Gasteiger partial charge in [-0.05, 0) is 18.6 Å². The first kappa shape index (κ1) is 13.5. The van der Waals surface area contributed by atoms with E-state index >= 15 is 0 Å². The Morgan fingerprint density at radius 2 is 2.28 bits per heavy atom. The molecule has 1 amide bonds. The van der Waals surface area contributed by atoms with Gasteiger partial charge in [0.25, 0.3) is 5.91 Å². The lowest BCUT2D eigenvalue weighted by Crippen LogP contribution is -2.33. The van der Waals surface area contributed by atoms with E-state index in [-0.39, 0.29) is 10.7 Å². The van der Waals surface area contributed by atoms with E-state index in [9.17, 15) is 4.79 Å². The summed E-state index contributed by atoms with van der Waals surface area (Å²) in [5.41, 5.74) is 5.48. The molecular weight excluding hydrogens is 248 g/mol. The maximum Gasteiger partial charge on any atom is 0.289 e. The number of carbonyl (C=O) groups excluding carboxylic acids is 1. The Morgan fingerprint density at radius 1 is 1.50 bits per heavy atom. The van der Waals surface area contributed by atoms with Gasteiger partial charge in [-0.25, -0.2) is 0 Å². The molecule has 1 aliphatic rings. The Kier molecular flexibility index (Phi) is 4.02. The van der Waals surface area contributed by atoms with Crippen molar-refractivity contribution in [2.24, 2.45) is 5.73 Å². The average molecular weight is 268 g/mol. The van der Waals surface area contributed by atoms with Crippen LogP contribution >= 0.6 is 11.8 Å². The minimum absolute atomic E-state index is 0.0204. The summed E-state index contributed by atoms with van der Waals surface area (Å²) in [5.74, 6) is 2.01. The number of nitrogens with zero attached hydrogens (tertiary/aromatic N) is 1. The molecule has 0 saturated carbocycles. The summed E-state index contributed by atoms with van der Waals surface area (Å²) >= 11 is 1.92. The van der Waals surface area contributed by atoms with Gasteiger partial charge in [-0.15, -0.1) is 0 Å². The van der Waals surface area contributed by atoms with Gasteiger partial charge in [-0.3, -0.25) is 4.79 Å². The van der Waals surface area contributed by atoms with Gasteiger partial charge in [-0.1, -0.05) is 13.8 Å². The summed E-state index contributed by atoms with van der Waals surface area (Å²) < 4.78 is 5.67. The fraction of sp³-hybridized carbons (Fsp3) is 0.615. The van der Waals surface area contributed by atoms with Crippen LogP contribution in [0.2, 0.25) is 0 Å². The van der Waals surface area contributed by atoms with E-state index < -0.39 is 0 Å². The fourth-order valence-electron chi connectivity index (χ4n) is 1.98. The van der Waals surface area contributed by atoms with Crippen LogP contribution in [0.5, 0.6) is 0 Å². The second-order valence-electron chi connectivity index (χ2n) is 5.12. The van der Waals surface area contributed by atoms with Crippen molar-refractivity contribution in [3.05, 3.63) is 23.7 Å². The minimum Gasteiger partial charge on any atom is -0.455 e. The van der Waals surface area contributed by atoms with Crippen LogP contribution in [-0.2, 0) is 6.54 Å². The first-order valence-corrected chi connectivity index (χ1v) is 7.22. The van der Waals surface area contributed by atoms with Crippen molar-refractivity contribution in [2.45, 2.75) is 31.6 Å². The Labute approximate surface area is 112 Å². The molecule has 1 saturated heterocycles. The number of hydrogen-bond acceptors (Lipinski definition) is 4. The highest BCUT2D eigenvalue weighted by atomic mass is 32.2. The van der Waals surface area contributed by atoms with Crippen LogP contribution < -0.4 is 5.73 Å². The quantitative estimate of drug-likeness (QED) is 0.892. The van der Waals surface area contributed by atoms with Gasteiger partial charge in [0.05, 0.1) is 6.54 Å². The van der Waals surface area contributed by atoms with Crippen LogP contribution in [0.25, 0.3) is 0 Å². The molecular formula is C13H20N2O2S. The molecule has 1 aliphatic heterocycles. The van der Waals surface area contributed by atoms with Gasteiger partial charge in [-0.2, -0.15) is 11.8 Å². The molecule has 18 heavy (non-hydrogen) atoms. The Morgan fingerprint density at radius 3 is 2.94 bits per heavy atom. The molecule has 0 radical (unpaired) electrons. The normalized spacial score (nSPS) is 19.6. The first-order valence-electron chi connectivity index (χ1n) is 6.24. The molecule has 1 aromatic heterocycles. The molecule has 5 heteroatoms. The third kappa shape index (κ3) is 3.09. The van der Waals surface area contributed by atoms with Crippen molar-refractivity contribution in [1.82, 2.24) is 4.90 Å². The van der Waals surface area contributed by atoms with E-state index in [4.69, 9.17) is 10.2 Å². The molecule has 1 aromatic rings. The standard InChI is InChI=1S/C13H20N2O2S/c1-13(2)5-6-15(7-8-18-13)12(16)11-4-3-10(9-14)17-11/h3-4H,5-9,14H2,1-2H3. The molecule has 100 valence electrons. The number of nitrogens with two attached hydrogens (primary N) is 1. The topological polar surface area (TPSA) is 59.5 Å². The molecule has 0 unspecified atom stereocenters. The van der Waals surface area contributed by atoms with Gasteiger partial charge in [0.2, 0.25) is 0 Å². The molecule has 2 heterocycles. The SMILES string of the molecule is CC1(C)CCN(C(=O)c2ccc(CN)o2)CCS1. The molecule has 0 aliphatic carbocycles. The monoisotopic (exact) mass is 268 g/mol. The fourth-order valence-corrected chi connectivity index (χ4v) is 3.08. The maximum atomic E-state index is 12.3. The van der Waals surface area contributed by atoms with Gasteiger partial charge < -0.3 is 15.1 Å². The van der Waals surface area contributed by atoms with Crippen LogP contribution in [0.1, 0.15) is 36.6 Å². The molecule has 2 N–H and O–H groups in total. The van der Waals surface area contributed by atoms with Crippen molar-refractivity contribution in [1.29, 1.82) is 0 Å². The lowest BCUT2D eigenvalue weighted by Gasteiger charge is -2.22. The minimum atomic E-state index is -0.0204. The second-order valence-corrected chi connectivity index (χ2v) is 6.92. The highest BCUT2D eigenvalue weighted by molar-refractivity contribution is 8.00. The van der Waals surface area contributed by atoms with Gasteiger partial charge in [0.1, 0.15) is 5.76 Å². The van der Waals surface area contributed by atoms with Crippen LogP contribution in [0.4, 0.5) is 0 Å². The average Bonchev–Trinajstić information content (AvgIpc) is 2.74. The van der Waals surface area contributed by atoms with E-state index in [1.807, 2.05) is 16.7 Å². The molecule has 4 nitrogen and oxygen atoms in total. The second kappa shape index (κ2) is 5.36. The molecule has 0 atom stereocenters. The third-order valence-electron chi connectivity index (χ3n) is 3.20. The first-order chi connectivity index (χ1) is 8.52. The summed E-state index contributed by atoms with van der Waals surface area (Å²) in [6.07, 6.45) is 1.01. The van der Waals surface area contributed by atoms with Crippen molar-refractivity contribution < 1.29 is 9.21 Å². The smallest absolute Gasteiger partial charge is 0.289 e. The summed E-state index contributed by atoms with van der Waals surface area (Å²) in [6, 6.07) is 3.48. The Bertz CT molecular complexity index is 428.